The van der Waals surface area contributed by atoms with E-state index in [1.165, 1.54) is 29.2 Å². The highest BCUT2D eigenvalue weighted by Crippen LogP contribution is 2.28. The van der Waals surface area contributed by atoms with E-state index in [1.54, 1.807) is 16.7 Å². The Bertz CT molecular complexity index is 1420. The molecule has 0 saturated heterocycles. The van der Waals surface area contributed by atoms with Crippen LogP contribution in [-0.2, 0) is 12.3 Å². The summed E-state index contributed by atoms with van der Waals surface area (Å²) in [6.07, 6.45) is 0. The maximum absolute atomic E-state index is 14.1. The average Bonchev–Trinajstić information content (AvgIpc) is 3.44. The maximum Gasteiger partial charge on any atom is 0.272 e. The molecule has 156 valence electrons. The lowest BCUT2D eigenvalue weighted by Gasteiger charge is -2.15. The van der Waals surface area contributed by atoms with E-state index in [0.29, 0.717) is 33.5 Å². The summed E-state index contributed by atoms with van der Waals surface area (Å²) in [7, 11) is 0. The molecule has 0 amide bonds. The Morgan fingerprint density at radius 3 is 2.65 bits per heavy atom. The summed E-state index contributed by atoms with van der Waals surface area (Å²) in [6, 6.07) is 18.7. The van der Waals surface area contributed by atoms with Crippen molar-refractivity contribution in [1.29, 1.82) is 0 Å². The molecule has 5 aromatic rings. The Labute approximate surface area is 186 Å². The molecule has 0 saturated carbocycles. The summed E-state index contributed by atoms with van der Waals surface area (Å²) in [5, 5.41) is 11.3. The number of thiophene rings is 1. The van der Waals surface area contributed by atoms with Gasteiger partial charge in [-0.25, -0.2) is 4.39 Å². The van der Waals surface area contributed by atoms with E-state index in [4.69, 9.17) is 0 Å². The standard InChI is InChI=1S/C23H19FN4OS2/c1-15(16-7-3-2-4-8-16)13-27-21(29)20-19(11-12-30-20)28-22(27)25-26-23(28)31-14-17-9-5-6-10-18(17)24/h2-12,15H,13-14H2,1H3. The second-order valence-electron chi connectivity index (χ2n) is 7.36. The second-order valence-corrected chi connectivity index (χ2v) is 9.22. The number of rotatable bonds is 6. The molecule has 0 aliphatic carbocycles. The third kappa shape index (κ3) is 3.66. The normalized spacial score (nSPS) is 12.6. The highest BCUT2D eigenvalue weighted by Gasteiger charge is 2.20. The lowest BCUT2D eigenvalue weighted by molar-refractivity contribution is 0.588. The van der Waals surface area contributed by atoms with Gasteiger partial charge in [-0.3, -0.25) is 13.8 Å². The predicted octanol–water partition coefficient (Wildman–Crippen LogP) is 5.34. The Hall–Kier alpha value is -2.97. The van der Waals surface area contributed by atoms with Crippen LogP contribution in [0.1, 0.15) is 24.0 Å². The molecule has 0 aliphatic rings. The molecule has 8 heteroatoms. The van der Waals surface area contributed by atoms with Crippen LogP contribution in [0.2, 0.25) is 0 Å². The van der Waals surface area contributed by atoms with Crippen molar-refractivity contribution in [2.45, 2.75) is 30.3 Å². The number of hydrogen-bond donors (Lipinski definition) is 0. The van der Waals surface area contributed by atoms with Crippen molar-refractivity contribution >= 4 is 39.1 Å². The maximum atomic E-state index is 14.1. The Kier molecular flexibility index (Phi) is 5.33. The molecule has 0 radical (unpaired) electrons. The van der Waals surface area contributed by atoms with Crippen LogP contribution in [0.3, 0.4) is 0 Å². The molecule has 1 unspecified atom stereocenters. The third-order valence-corrected chi connectivity index (χ3v) is 7.19. The second kappa shape index (κ2) is 8.28. The van der Waals surface area contributed by atoms with Crippen molar-refractivity contribution in [2.24, 2.45) is 0 Å². The molecule has 31 heavy (non-hydrogen) atoms. The van der Waals surface area contributed by atoms with Crippen LogP contribution in [0.15, 0.2) is 76.0 Å². The predicted molar refractivity (Wildman–Crippen MR) is 123 cm³/mol. The Morgan fingerprint density at radius 1 is 1.06 bits per heavy atom. The van der Waals surface area contributed by atoms with Crippen LogP contribution in [-0.4, -0.2) is 19.2 Å². The SMILES string of the molecule is CC(Cn1c(=O)c2sccc2n2c(SCc3ccccc3F)nnc12)c1ccccc1. The first-order valence-corrected chi connectivity index (χ1v) is 11.8. The van der Waals surface area contributed by atoms with Crippen LogP contribution in [0, 0.1) is 5.82 Å². The topological polar surface area (TPSA) is 52.2 Å². The first-order valence-electron chi connectivity index (χ1n) is 9.90. The van der Waals surface area contributed by atoms with E-state index >= 15 is 0 Å². The zero-order chi connectivity index (χ0) is 21.4. The van der Waals surface area contributed by atoms with Crippen LogP contribution < -0.4 is 5.56 Å². The number of aromatic nitrogens is 4. The summed E-state index contributed by atoms with van der Waals surface area (Å²) in [6.45, 7) is 2.59. The van der Waals surface area contributed by atoms with Gasteiger partial charge in [-0.2, -0.15) is 0 Å². The minimum absolute atomic E-state index is 0.0571. The molecule has 5 rings (SSSR count). The van der Waals surface area contributed by atoms with Crippen LogP contribution in [0.5, 0.6) is 0 Å². The fraction of sp³-hybridized carbons (Fsp3) is 0.174. The summed E-state index contributed by atoms with van der Waals surface area (Å²) in [5.41, 5.74) is 2.50. The van der Waals surface area contributed by atoms with E-state index in [2.05, 4.69) is 29.3 Å². The average molecular weight is 451 g/mol. The van der Waals surface area contributed by atoms with Crippen LogP contribution in [0.4, 0.5) is 4.39 Å². The van der Waals surface area contributed by atoms with Crippen molar-refractivity contribution in [3.05, 3.63) is 93.3 Å². The largest absolute Gasteiger partial charge is 0.275 e. The molecule has 3 aromatic heterocycles. The van der Waals surface area contributed by atoms with E-state index in [1.807, 2.05) is 40.1 Å². The minimum Gasteiger partial charge on any atom is -0.275 e. The number of halogens is 1. The van der Waals surface area contributed by atoms with E-state index in [0.717, 1.165) is 11.1 Å². The van der Waals surface area contributed by atoms with Crippen molar-refractivity contribution in [3.63, 3.8) is 0 Å². The molecule has 3 heterocycles. The van der Waals surface area contributed by atoms with E-state index in [9.17, 15) is 9.18 Å². The molecule has 0 bridgehead atoms. The van der Waals surface area contributed by atoms with Crippen LogP contribution >= 0.6 is 23.1 Å². The Morgan fingerprint density at radius 2 is 1.84 bits per heavy atom. The highest BCUT2D eigenvalue weighted by molar-refractivity contribution is 7.98. The van der Waals surface area contributed by atoms with Gasteiger partial charge in [0.15, 0.2) is 5.16 Å². The van der Waals surface area contributed by atoms with Crippen LogP contribution in [0.25, 0.3) is 16.0 Å². The molecule has 0 aliphatic heterocycles. The third-order valence-electron chi connectivity index (χ3n) is 5.32. The molecule has 0 N–H and O–H groups in total. The van der Waals surface area contributed by atoms with Crippen molar-refractivity contribution in [1.82, 2.24) is 19.2 Å². The summed E-state index contributed by atoms with van der Waals surface area (Å²) in [4.78, 5) is 13.2. The van der Waals surface area contributed by atoms with Gasteiger partial charge in [0.2, 0.25) is 5.78 Å². The van der Waals surface area contributed by atoms with Gasteiger partial charge in [0.1, 0.15) is 10.5 Å². The highest BCUT2D eigenvalue weighted by atomic mass is 32.2. The number of hydrogen-bond acceptors (Lipinski definition) is 5. The zero-order valence-electron chi connectivity index (χ0n) is 16.7. The monoisotopic (exact) mass is 450 g/mol. The van der Waals surface area contributed by atoms with Gasteiger partial charge in [-0.05, 0) is 34.6 Å². The molecule has 2 aromatic carbocycles. The molecular formula is C23H19FN4OS2. The zero-order valence-corrected chi connectivity index (χ0v) is 18.4. The quantitative estimate of drug-likeness (QED) is 0.328. The lowest BCUT2D eigenvalue weighted by Crippen LogP contribution is -2.24. The van der Waals surface area contributed by atoms with Gasteiger partial charge in [0, 0.05) is 12.3 Å². The van der Waals surface area contributed by atoms with E-state index < -0.39 is 0 Å². The fourth-order valence-electron chi connectivity index (χ4n) is 3.68. The fourth-order valence-corrected chi connectivity index (χ4v) is 5.43. The number of nitrogens with zero attached hydrogens (tertiary/aromatic N) is 4. The van der Waals surface area contributed by atoms with Gasteiger partial charge in [-0.15, -0.1) is 21.5 Å². The molecule has 0 fully saturated rings. The molecular weight excluding hydrogens is 431 g/mol. The van der Waals surface area contributed by atoms with Gasteiger partial charge >= 0.3 is 0 Å². The first kappa shape index (κ1) is 20.0. The van der Waals surface area contributed by atoms with Gasteiger partial charge in [0.05, 0.1) is 5.52 Å². The van der Waals surface area contributed by atoms with E-state index in [-0.39, 0.29) is 17.3 Å². The minimum atomic E-state index is -0.238. The van der Waals surface area contributed by atoms with Gasteiger partial charge < -0.3 is 0 Å². The smallest absolute Gasteiger partial charge is 0.272 e. The van der Waals surface area contributed by atoms with Gasteiger partial charge in [0.25, 0.3) is 5.56 Å². The number of benzene rings is 2. The summed E-state index contributed by atoms with van der Waals surface area (Å²) < 4.78 is 18.3. The Balaban J connectivity index is 1.57. The van der Waals surface area contributed by atoms with Crippen molar-refractivity contribution in [2.75, 3.05) is 0 Å². The van der Waals surface area contributed by atoms with Crippen molar-refractivity contribution < 1.29 is 4.39 Å². The molecule has 5 nitrogen and oxygen atoms in total. The molecule has 0 spiro atoms. The number of fused-ring (bicyclic) bond motifs is 3. The summed E-state index contributed by atoms with van der Waals surface area (Å²) >= 11 is 2.83. The number of thioether (sulfide) groups is 1. The first-order chi connectivity index (χ1) is 15.1. The molecule has 1 atom stereocenters. The van der Waals surface area contributed by atoms with Crippen molar-refractivity contribution in [3.8, 4) is 0 Å². The summed E-state index contributed by atoms with van der Waals surface area (Å²) in [5.74, 6) is 0.831. The van der Waals surface area contributed by atoms with Gasteiger partial charge in [-0.1, -0.05) is 67.2 Å². The lowest BCUT2D eigenvalue weighted by atomic mass is 10.0.